The van der Waals surface area contributed by atoms with E-state index in [1.807, 2.05) is 0 Å². The second-order valence-corrected chi connectivity index (χ2v) is 5.80. The van der Waals surface area contributed by atoms with Gasteiger partial charge in [-0.2, -0.15) is 18.2 Å². The summed E-state index contributed by atoms with van der Waals surface area (Å²) >= 11 is 0. The van der Waals surface area contributed by atoms with Crippen LogP contribution in [0.1, 0.15) is 5.69 Å². The number of fused-ring (bicyclic) bond motifs is 2. The van der Waals surface area contributed by atoms with Crippen LogP contribution in [0.25, 0.3) is 27.8 Å². The maximum atomic E-state index is 14.3. The van der Waals surface area contributed by atoms with Crippen LogP contribution in [0, 0.1) is 12.7 Å². The molecule has 0 saturated carbocycles. The molecule has 4 rings (SSSR count). The van der Waals surface area contributed by atoms with Gasteiger partial charge in [-0.1, -0.05) is 0 Å². The molecule has 4 heterocycles. The molecule has 0 aliphatic rings. The second-order valence-electron chi connectivity index (χ2n) is 5.80. The first kappa shape index (κ1) is 16.3. The van der Waals surface area contributed by atoms with Crippen molar-refractivity contribution in [1.82, 2.24) is 24.3 Å². The lowest BCUT2D eigenvalue weighted by Crippen LogP contribution is -2.22. The number of imidazole rings is 1. The first-order valence-electron chi connectivity index (χ1n) is 7.60. The van der Waals surface area contributed by atoms with E-state index >= 15 is 0 Å². The zero-order valence-electron chi connectivity index (χ0n) is 13.4. The average molecular weight is 364 g/mol. The Morgan fingerprint density at radius 3 is 2.81 bits per heavy atom. The molecule has 0 saturated heterocycles. The van der Waals surface area contributed by atoms with Gasteiger partial charge in [0, 0.05) is 47.0 Å². The van der Waals surface area contributed by atoms with E-state index in [4.69, 9.17) is 0 Å². The van der Waals surface area contributed by atoms with Gasteiger partial charge < -0.3 is 14.7 Å². The molecule has 0 aromatic carbocycles. The number of pyridine rings is 1. The van der Waals surface area contributed by atoms with Crippen molar-refractivity contribution in [1.29, 1.82) is 0 Å². The van der Waals surface area contributed by atoms with Crippen molar-refractivity contribution in [3.63, 3.8) is 0 Å². The lowest BCUT2D eigenvalue weighted by Gasteiger charge is -2.08. The lowest BCUT2D eigenvalue weighted by molar-refractivity contribution is -0.115. The predicted octanol–water partition coefficient (Wildman–Crippen LogP) is 3.69. The fourth-order valence-corrected chi connectivity index (χ4v) is 2.72. The Balaban J connectivity index is 1.75. The number of aromatic nitrogens is 5. The Bertz CT molecular complexity index is 1110. The zero-order valence-corrected chi connectivity index (χ0v) is 13.4. The Morgan fingerprint density at radius 1 is 1.23 bits per heavy atom. The summed E-state index contributed by atoms with van der Waals surface area (Å²) in [5.74, 6) is -0.621. The van der Waals surface area contributed by atoms with E-state index < -0.39 is 18.5 Å². The third-order valence-corrected chi connectivity index (χ3v) is 3.94. The Hall–Kier alpha value is -3.17. The van der Waals surface area contributed by atoms with Gasteiger partial charge in [-0.3, -0.25) is 0 Å². The first-order chi connectivity index (χ1) is 12.3. The monoisotopic (exact) mass is 364 g/mol. The molecule has 0 aliphatic heterocycles. The highest BCUT2D eigenvalue weighted by Gasteiger charge is 2.27. The van der Waals surface area contributed by atoms with Crippen LogP contribution in [0.2, 0.25) is 0 Å². The number of rotatable bonds is 3. The molecule has 4 aromatic rings. The number of hydrogen-bond acceptors (Lipinski definition) is 4. The molecule has 6 nitrogen and oxygen atoms in total. The number of nitrogens with one attached hydrogen (secondary N) is 2. The summed E-state index contributed by atoms with van der Waals surface area (Å²) in [6, 6.07) is 1.35. The van der Waals surface area contributed by atoms with Gasteiger partial charge in [0.05, 0.1) is 0 Å². The standard InChI is InChI=1S/C16H12F4N6/c1-8-3-22-14-12(17)2-9(6-26(8)14)10-4-21-13-11(10)5-23-15(25-13)24-7-16(18,19)20/h2-6H,7H2,1H3,(H2,21,23,24,25). The van der Waals surface area contributed by atoms with E-state index in [-0.39, 0.29) is 11.6 Å². The highest BCUT2D eigenvalue weighted by atomic mass is 19.4. The van der Waals surface area contributed by atoms with Crippen molar-refractivity contribution < 1.29 is 17.6 Å². The summed E-state index contributed by atoms with van der Waals surface area (Å²) in [5, 5.41) is 2.69. The van der Waals surface area contributed by atoms with Gasteiger partial charge in [0.15, 0.2) is 11.5 Å². The minimum Gasteiger partial charge on any atom is -0.345 e. The topological polar surface area (TPSA) is 70.9 Å². The van der Waals surface area contributed by atoms with E-state index in [9.17, 15) is 17.6 Å². The molecule has 26 heavy (non-hydrogen) atoms. The van der Waals surface area contributed by atoms with Crippen LogP contribution in [0.3, 0.4) is 0 Å². The van der Waals surface area contributed by atoms with Crippen LogP contribution in [-0.4, -0.2) is 37.1 Å². The number of aromatic amines is 1. The van der Waals surface area contributed by atoms with Crippen LogP contribution >= 0.6 is 0 Å². The molecule has 0 aliphatic carbocycles. The molecule has 0 bridgehead atoms. The molecular formula is C16H12F4N6. The van der Waals surface area contributed by atoms with E-state index in [1.54, 1.807) is 29.9 Å². The Labute approximate surface area is 143 Å². The van der Waals surface area contributed by atoms with E-state index in [1.165, 1.54) is 12.3 Å². The quantitative estimate of drug-likeness (QED) is 0.544. The summed E-state index contributed by atoms with van der Waals surface area (Å²) in [6.07, 6.45) is 1.95. The molecule has 0 unspecified atom stereocenters. The van der Waals surface area contributed by atoms with Crippen LogP contribution in [0.4, 0.5) is 23.5 Å². The smallest absolute Gasteiger partial charge is 0.345 e. The van der Waals surface area contributed by atoms with E-state index in [2.05, 4.69) is 25.3 Å². The number of halogens is 4. The first-order valence-corrected chi connectivity index (χ1v) is 7.60. The van der Waals surface area contributed by atoms with Gasteiger partial charge in [-0.05, 0) is 13.0 Å². The average Bonchev–Trinajstić information content (AvgIpc) is 3.16. The van der Waals surface area contributed by atoms with Crippen molar-refractivity contribution in [3.8, 4) is 11.1 Å². The predicted molar refractivity (Wildman–Crippen MR) is 87.3 cm³/mol. The fourth-order valence-electron chi connectivity index (χ4n) is 2.72. The minimum absolute atomic E-state index is 0.143. The highest BCUT2D eigenvalue weighted by Crippen LogP contribution is 2.29. The SMILES string of the molecule is Cc1cnc2c(F)cc(-c3c[nH]c4nc(NCC(F)(F)F)ncc34)cn12. The maximum Gasteiger partial charge on any atom is 0.405 e. The van der Waals surface area contributed by atoms with Crippen molar-refractivity contribution in [2.75, 3.05) is 11.9 Å². The van der Waals surface area contributed by atoms with Gasteiger partial charge in [0.2, 0.25) is 5.95 Å². The van der Waals surface area contributed by atoms with Crippen molar-refractivity contribution in [2.24, 2.45) is 0 Å². The Kier molecular flexibility index (Phi) is 3.56. The Morgan fingerprint density at radius 2 is 2.04 bits per heavy atom. The number of H-pyrrole nitrogens is 1. The molecule has 0 atom stereocenters. The van der Waals surface area contributed by atoms with Gasteiger partial charge in [-0.15, -0.1) is 0 Å². The molecule has 0 radical (unpaired) electrons. The molecule has 0 fully saturated rings. The summed E-state index contributed by atoms with van der Waals surface area (Å²) < 4.78 is 52.8. The molecule has 10 heteroatoms. The summed E-state index contributed by atoms with van der Waals surface area (Å²) in [5.41, 5.74) is 2.55. The van der Waals surface area contributed by atoms with Crippen molar-refractivity contribution >= 4 is 22.6 Å². The van der Waals surface area contributed by atoms with E-state index in [0.29, 0.717) is 22.2 Å². The summed E-state index contributed by atoms with van der Waals surface area (Å²) in [6.45, 7) is 0.577. The van der Waals surface area contributed by atoms with Crippen LogP contribution in [0.15, 0.2) is 30.9 Å². The van der Waals surface area contributed by atoms with Gasteiger partial charge >= 0.3 is 6.18 Å². The summed E-state index contributed by atoms with van der Waals surface area (Å²) in [4.78, 5) is 14.8. The molecule has 134 valence electrons. The van der Waals surface area contributed by atoms with Crippen LogP contribution < -0.4 is 5.32 Å². The van der Waals surface area contributed by atoms with E-state index in [0.717, 1.165) is 5.69 Å². The third-order valence-electron chi connectivity index (χ3n) is 3.94. The number of aryl methyl sites for hydroxylation is 1. The molecule has 4 aromatic heterocycles. The van der Waals surface area contributed by atoms with Crippen LogP contribution in [-0.2, 0) is 0 Å². The molecule has 2 N–H and O–H groups in total. The molecule has 0 amide bonds. The molecule has 0 spiro atoms. The lowest BCUT2D eigenvalue weighted by atomic mass is 10.1. The fraction of sp³-hybridized carbons (Fsp3) is 0.188. The van der Waals surface area contributed by atoms with Crippen molar-refractivity contribution in [3.05, 3.63) is 42.4 Å². The number of alkyl halides is 3. The number of hydrogen-bond donors (Lipinski definition) is 2. The highest BCUT2D eigenvalue weighted by molar-refractivity contribution is 5.93. The van der Waals surface area contributed by atoms with Crippen LogP contribution in [0.5, 0.6) is 0 Å². The zero-order chi connectivity index (χ0) is 18.5. The van der Waals surface area contributed by atoms with Gasteiger partial charge in [0.1, 0.15) is 12.2 Å². The van der Waals surface area contributed by atoms with Crippen molar-refractivity contribution in [2.45, 2.75) is 13.1 Å². The largest absolute Gasteiger partial charge is 0.405 e. The number of nitrogens with zero attached hydrogens (tertiary/aromatic N) is 4. The normalized spacial score (nSPS) is 12.2. The van der Waals surface area contributed by atoms with Gasteiger partial charge in [-0.25, -0.2) is 14.4 Å². The maximum absolute atomic E-state index is 14.3. The minimum atomic E-state index is -4.37. The van der Waals surface area contributed by atoms with Gasteiger partial charge in [0.25, 0.3) is 0 Å². The third kappa shape index (κ3) is 2.83. The molecular weight excluding hydrogens is 352 g/mol. The summed E-state index contributed by atoms with van der Waals surface area (Å²) in [7, 11) is 0. The number of anilines is 1. The second kappa shape index (κ2) is 5.68.